The van der Waals surface area contributed by atoms with Crippen LogP contribution in [-0.4, -0.2) is 45.8 Å². The smallest absolute Gasteiger partial charge is 0.317 e. The Bertz CT molecular complexity index is 569. The molecule has 0 aliphatic carbocycles. The standard InChI is InChI=1S/C15H19N3O3/c1-2-9-18(11-14(19)20)10-8-13-16-15(17-21-13)12-6-4-3-5-7-12/h3-7H,2,8-11H2,1H3,(H,19,20). The molecule has 0 saturated heterocycles. The zero-order valence-electron chi connectivity index (χ0n) is 12.0. The van der Waals surface area contributed by atoms with Crippen LogP contribution in [0.3, 0.4) is 0 Å². The minimum Gasteiger partial charge on any atom is -0.480 e. The summed E-state index contributed by atoms with van der Waals surface area (Å²) in [5.41, 5.74) is 0.906. The van der Waals surface area contributed by atoms with Crippen LogP contribution < -0.4 is 0 Å². The van der Waals surface area contributed by atoms with Crippen LogP contribution in [0.4, 0.5) is 0 Å². The van der Waals surface area contributed by atoms with E-state index in [2.05, 4.69) is 10.1 Å². The lowest BCUT2D eigenvalue weighted by atomic mass is 10.2. The first-order valence-corrected chi connectivity index (χ1v) is 7.01. The molecule has 0 amide bonds. The fourth-order valence-electron chi connectivity index (χ4n) is 2.09. The van der Waals surface area contributed by atoms with Gasteiger partial charge in [-0.3, -0.25) is 9.69 Å². The number of hydrogen-bond acceptors (Lipinski definition) is 5. The predicted octanol–water partition coefficient (Wildman–Crippen LogP) is 2.08. The van der Waals surface area contributed by atoms with Crippen LogP contribution in [0.25, 0.3) is 11.4 Å². The average Bonchev–Trinajstić information content (AvgIpc) is 2.94. The van der Waals surface area contributed by atoms with Crippen molar-refractivity contribution in [2.24, 2.45) is 0 Å². The van der Waals surface area contributed by atoms with Crippen LogP contribution in [0, 0.1) is 0 Å². The molecule has 2 rings (SSSR count). The second-order valence-corrected chi connectivity index (χ2v) is 4.80. The lowest BCUT2D eigenvalue weighted by Crippen LogP contribution is -2.32. The fraction of sp³-hybridized carbons (Fsp3) is 0.400. The molecule has 1 aromatic carbocycles. The molecule has 0 atom stereocenters. The number of hydrogen-bond donors (Lipinski definition) is 1. The van der Waals surface area contributed by atoms with Gasteiger partial charge in [0, 0.05) is 18.5 Å². The number of benzene rings is 1. The zero-order chi connectivity index (χ0) is 15.1. The molecule has 6 heteroatoms. The zero-order valence-corrected chi connectivity index (χ0v) is 12.0. The lowest BCUT2D eigenvalue weighted by molar-refractivity contribution is -0.138. The molecule has 0 bridgehead atoms. The molecule has 0 aliphatic rings. The largest absolute Gasteiger partial charge is 0.480 e. The maximum absolute atomic E-state index is 10.8. The van der Waals surface area contributed by atoms with Crippen molar-refractivity contribution in [3.05, 3.63) is 36.2 Å². The Hall–Kier alpha value is -2.21. The topological polar surface area (TPSA) is 79.5 Å². The van der Waals surface area contributed by atoms with Crippen molar-refractivity contribution in [3.8, 4) is 11.4 Å². The van der Waals surface area contributed by atoms with Gasteiger partial charge in [0.25, 0.3) is 0 Å². The Morgan fingerprint density at radius 2 is 2.05 bits per heavy atom. The van der Waals surface area contributed by atoms with Crippen LogP contribution >= 0.6 is 0 Å². The Kier molecular flexibility index (Phi) is 5.45. The summed E-state index contributed by atoms with van der Waals surface area (Å²) in [6.07, 6.45) is 1.46. The normalized spacial score (nSPS) is 11.0. The molecular formula is C15H19N3O3. The van der Waals surface area contributed by atoms with Gasteiger partial charge in [0.05, 0.1) is 6.54 Å². The summed E-state index contributed by atoms with van der Waals surface area (Å²) < 4.78 is 5.22. The third-order valence-corrected chi connectivity index (χ3v) is 3.04. The van der Waals surface area contributed by atoms with Crippen molar-refractivity contribution in [1.82, 2.24) is 15.0 Å². The van der Waals surface area contributed by atoms with Crippen molar-refractivity contribution < 1.29 is 14.4 Å². The highest BCUT2D eigenvalue weighted by Gasteiger charge is 2.12. The highest BCUT2D eigenvalue weighted by molar-refractivity contribution is 5.69. The van der Waals surface area contributed by atoms with Gasteiger partial charge < -0.3 is 9.63 Å². The van der Waals surface area contributed by atoms with E-state index in [0.717, 1.165) is 18.5 Å². The third kappa shape index (κ3) is 4.68. The number of rotatable bonds is 8. The first-order chi connectivity index (χ1) is 10.2. The molecular weight excluding hydrogens is 270 g/mol. The maximum Gasteiger partial charge on any atom is 0.317 e. The average molecular weight is 289 g/mol. The molecule has 0 unspecified atom stereocenters. The third-order valence-electron chi connectivity index (χ3n) is 3.04. The summed E-state index contributed by atoms with van der Waals surface area (Å²) in [5, 5.41) is 12.8. The second kappa shape index (κ2) is 7.54. The summed E-state index contributed by atoms with van der Waals surface area (Å²) in [4.78, 5) is 17.0. The Labute approximate surface area is 123 Å². The molecule has 21 heavy (non-hydrogen) atoms. The van der Waals surface area contributed by atoms with Crippen molar-refractivity contribution in [2.45, 2.75) is 19.8 Å². The van der Waals surface area contributed by atoms with E-state index in [4.69, 9.17) is 9.63 Å². The van der Waals surface area contributed by atoms with Gasteiger partial charge in [-0.15, -0.1) is 0 Å². The van der Waals surface area contributed by atoms with E-state index in [1.54, 1.807) is 0 Å². The molecule has 1 heterocycles. The van der Waals surface area contributed by atoms with Gasteiger partial charge in [0.2, 0.25) is 11.7 Å². The predicted molar refractivity (Wildman–Crippen MR) is 77.8 cm³/mol. The summed E-state index contributed by atoms with van der Waals surface area (Å²) in [7, 11) is 0. The van der Waals surface area contributed by atoms with E-state index < -0.39 is 5.97 Å². The maximum atomic E-state index is 10.8. The minimum atomic E-state index is -0.820. The highest BCUT2D eigenvalue weighted by atomic mass is 16.5. The van der Waals surface area contributed by atoms with E-state index >= 15 is 0 Å². The van der Waals surface area contributed by atoms with Gasteiger partial charge in [-0.05, 0) is 13.0 Å². The Balaban J connectivity index is 1.94. The quantitative estimate of drug-likeness (QED) is 0.801. The van der Waals surface area contributed by atoms with Crippen LogP contribution in [-0.2, 0) is 11.2 Å². The van der Waals surface area contributed by atoms with E-state index in [1.165, 1.54) is 0 Å². The molecule has 2 aromatic rings. The Morgan fingerprint density at radius 1 is 1.29 bits per heavy atom. The van der Waals surface area contributed by atoms with E-state index in [9.17, 15) is 4.79 Å². The van der Waals surface area contributed by atoms with Crippen LogP contribution in [0.1, 0.15) is 19.2 Å². The first-order valence-electron chi connectivity index (χ1n) is 7.01. The minimum absolute atomic E-state index is 0.0352. The summed E-state index contributed by atoms with van der Waals surface area (Å²) in [5.74, 6) is 0.269. The van der Waals surface area contributed by atoms with Gasteiger partial charge in [0.15, 0.2) is 0 Å². The van der Waals surface area contributed by atoms with Crippen LogP contribution in [0.15, 0.2) is 34.9 Å². The number of nitrogens with zero attached hydrogens (tertiary/aromatic N) is 3. The van der Waals surface area contributed by atoms with Gasteiger partial charge >= 0.3 is 5.97 Å². The highest BCUT2D eigenvalue weighted by Crippen LogP contribution is 2.15. The van der Waals surface area contributed by atoms with Crippen LogP contribution in [0.2, 0.25) is 0 Å². The van der Waals surface area contributed by atoms with Crippen molar-refractivity contribution in [1.29, 1.82) is 0 Å². The fourth-order valence-corrected chi connectivity index (χ4v) is 2.09. The summed E-state index contributed by atoms with van der Waals surface area (Å²) in [6.45, 7) is 3.39. The van der Waals surface area contributed by atoms with Gasteiger partial charge in [-0.2, -0.15) is 4.98 Å². The molecule has 1 N–H and O–H groups in total. The van der Waals surface area contributed by atoms with Gasteiger partial charge in [-0.25, -0.2) is 0 Å². The van der Waals surface area contributed by atoms with Crippen molar-refractivity contribution in [2.75, 3.05) is 19.6 Å². The van der Waals surface area contributed by atoms with Crippen molar-refractivity contribution >= 4 is 5.97 Å². The first kappa shape index (κ1) is 15.2. The molecule has 0 spiro atoms. The number of carboxylic acids is 1. The van der Waals surface area contributed by atoms with Gasteiger partial charge in [-0.1, -0.05) is 42.4 Å². The SMILES string of the molecule is CCCN(CCc1nc(-c2ccccc2)no1)CC(=O)O. The van der Waals surface area contributed by atoms with E-state index in [1.807, 2.05) is 42.2 Å². The molecule has 0 radical (unpaired) electrons. The second-order valence-electron chi connectivity index (χ2n) is 4.80. The van der Waals surface area contributed by atoms with E-state index in [0.29, 0.717) is 24.7 Å². The van der Waals surface area contributed by atoms with E-state index in [-0.39, 0.29) is 6.54 Å². The van der Waals surface area contributed by atoms with Gasteiger partial charge in [0.1, 0.15) is 0 Å². The molecule has 6 nitrogen and oxygen atoms in total. The molecule has 112 valence electrons. The molecule has 0 aliphatic heterocycles. The van der Waals surface area contributed by atoms with Crippen molar-refractivity contribution in [3.63, 3.8) is 0 Å². The number of aliphatic carboxylic acids is 1. The number of carboxylic acid groups (broad SMARTS) is 1. The molecule has 0 fully saturated rings. The Morgan fingerprint density at radius 3 is 2.71 bits per heavy atom. The monoisotopic (exact) mass is 289 g/mol. The molecule has 0 saturated carbocycles. The number of carbonyl (C=O) groups is 1. The van der Waals surface area contributed by atoms with Crippen LogP contribution in [0.5, 0.6) is 0 Å². The molecule has 1 aromatic heterocycles. The lowest BCUT2D eigenvalue weighted by Gasteiger charge is -2.17. The number of aromatic nitrogens is 2. The summed E-state index contributed by atoms with van der Waals surface area (Å²) in [6, 6.07) is 9.60. The summed E-state index contributed by atoms with van der Waals surface area (Å²) >= 11 is 0.